The number of piperidine rings is 2. The fourth-order valence-corrected chi connectivity index (χ4v) is 3.47. The Hall–Kier alpha value is -1.30. The van der Waals surface area contributed by atoms with Crippen molar-refractivity contribution in [2.45, 2.75) is 45.1 Å². The van der Waals surface area contributed by atoms with Crippen molar-refractivity contribution in [1.82, 2.24) is 15.1 Å². The molecule has 0 radical (unpaired) electrons. The van der Waals surface area contributed by atoms with Crippen molar-refractivity contribution < 1.29 is 14.7 Å². The second-order valence-electron chi connectivity index (χ2n) is 6.52. The van der Waals surface area contributed by atoms with E-state index in [9.17, 15) is 14.7 Å². The van der Waals surface area contributed by atoms with Gasteiger partial charge in [-0.1, -0.05) is 6.92 Å². The van der Waals surface area contributed by atoms with E-state index in [1.54, 1.807) is 4.90 Å². The number of likely N-dealkylation sites (N-methyl/N-ethyl adjacent to an activating group) is 1. The molecule has 6 nitrogen and oxygen atoms in total. The lowest BCUT2D eigenvalue weighted by Crippen LogP contribution is -2.56. The maximum absolute atomic E-state index is 12.4. The molecular weight excluding hydrogens is 270 g/mol. The number of carbonyl (C=O) groups excluding carboxylic acids is 1. The quantitative estimate of drug-likeness (QED) is 0.825. The second-order valence-corrected chi connectivity index (χ2v) is 6.52. The Kier molecular flexibility index (Phi) is 5.08. The average molecular weight is 297 g/mol. The number of rotatable bonds is 3. The molecule has 0 bridgehead atoms. The SMILES string of the molecule is CCC1(C(=O)O)CCCN(C(=O)NC2CCCN(C)C2)C1. The number of amides is 2. The molecule has 0 saturated carbocycles. The van der Waals surface area contributed by atoms with Crippen LogP contribution in [0, 0.1) is 5.41 Å². The van der Waals surface area contributed by atoms with Crippen molar-refractivity contribution in [3.8, 4) is 0 Å². The van der Waals surface area contributed by atoms with Crippen LogP contribution < -0.4 is 5.32 Å². The zero-order valence-electron chi connectivity index (χ0n) is 13.1. The number of nitrogens with one attached hydrogen (secondary N) is 1. The molecule has 2 N–H and O–H groups in total. The molecule has 0 aliphatic carbocycles. The van der Waals surface area contributed by atoms with Crippen molar-refractivity contribution in [2.75, 3.05) is 33.2 Å². The Morgan fingerprint density at radius 2 is 2.10 bits per heavy atom. The van der Waals surface area contributed by atoms with E-state index in [2.05, 4.69) is 17.3 Å². The lowest BCUT2D eigenvalue weighted by atomic mass is 9.78. The lowest BCUT2D eigenvalue weighted by Gasteiger charge is -2.40. The highest BCUT2D eigenvalue weighted by atomic mass is 16.4. The minimum atomic E-state index is -0.778. The summed E-state index contributed by atoms with van der Waals surface area (Å²) in [5, 5.41) is 12.6. The number of carbonyl (C=O) groups is 2. The van der Waals surface area contributed by atoms with Crippen LogP contribution in [-0.2, 0) is 4.79 Å². The molecule has 0 aromatic heterocycles. The van der Waals surface area contributed by atoms with Crippen LogP contribution in [0.1, 0.15) is 39.0 Å². The Morgan fingerprint density at radius 1 is 1.33 bits per heavy atom. The summed E-state index contributed by atoms with van der Waals surface area (Å²) >= 11 is 0. The first-order chi connectivity index (χ1) is 9.97. The Morgan fingerprint density at radius 3 is 2.71 bits per heavy atom. The minimum absolute atomic E-state index is 0.103. The van der Waals surface area contributed by atoms with Gasteiger partial charge in [-0.25, -0.2) is 4.79 Å². The summed E-state index contributed by atoms with van der Waals surface area (Å²) in [6, 6.07) is 0.0770. The number of hydrogen-bond acceptors (Lipinski definition) is 3. The first kappa shape index (κ1) is 16.1. The molecule has 2 saturated heterocycles. The highest BCUT2D eigenvalue weighted by Gasteiger charge is 2.42. The fourth-order valence-electron chi connectivity index (χ4n) is 3.47. The van der Waals surface area contributed by atoms with E-state index in [0.29, 0.717) is 25.9 Å². The van der Waals surface area contributed by atoms with Crippen molar-refractivity contribution >= 4 is 12.0 Å². The summed E-state index contributed by atoms with van der Waals surface area (Å²) < 4.78 is 0. The van der Waals surface area contributed by atoms with E-state index in [1.807, 2.05) is 6.92 Å². The third-order valence-corrected chi connectivity index (χ3v) is 4.95. The Labute approximate surface area is 126 Å². The number of carboxylic acids is 1. The maximum Gasteiger partial charge on any atom is 0.317 e. The monoisotopic (exact) mass is 297 g/mol. The number of likely N-dealkylation sites (tertiary alicyclic amines) is 2. The van der Waals surface area contributed by atoms with Crippen LogP contribution in [-0.4, -0.2) is 66.2 Å². The molecule has 2 rings (SSSR count). The van der Waals surface area contributed by atoms with Crippen LogP contribution in [0.25, 0.3) is 0 Å². The number of hydrogen-bond donors (Lipinski definition) is 2. The third-order valence-electron chi connectivity index (χ3n) is 4.95. The summed E-state index contributed by atoms with van der Waals surface area (Å²) in [5.41, 5.74) is -0.765. The predicted molar refractivity (Wildman–Crippen MR) is 80.2 cm³/mol. The standard InChI is InChI=1S/C15H27N3O3/c1-3-15(13(19)20)7-5-9-18(11-15)14(21)16-12-6-4-8-17(2)10-12/h12H,3-11H2,1-2H3,(H,16,21)(H,19,20). The molecule has 0 spiro atoms. The van der Waals surface area contributed by atoms with Gasteiger partial charge >= 0.3 is 12.0 Å². The van der Waals surface area contributed by atoms with Crippen LogP contribution in [0.5, 0.6) is 0 Å². The van der Waals surface area contributed by atoms with Gasteiger partial charge in [0.05, 0.1) is 5.41 Å². The molecule has 6 heteroatoms. The highest BCUT2D eigenvalue weighted by Crippen LogP contribution is 2.33. The fraction of sp³-hybridized carbons (Fsp3) is 0.867. The van der Waals surface area contributed by atoms with Gasteiger partial charge in [-0.05, 0) is 45.7 Å². The highest BCUT2D eigenvalue weighted by molar-refractivity contribution is 5.79. The summed E-state index contributed by atoms with van der Waals surface area (Å²) in [4.78, 5) is 27.9. The van der Waals surface area contributed by atoms with Gasteiger partial charge in [-0.2, -0.15) is 0 Å². The molecule has 21 heavy (non-hydrogen) atoms. The molecule has 2 aliphatic heterocycles. The summed E-state index contributed by atoms with van der Waals surface area (Å²) in [6.07, 6.45) is 4.09. The first-order valence-corrected chi connectivity index (χ1v) is 7.94. The van der Waals surface area contributed by atoms with Gasteiger partial charge in [0.1, 0.15) is 0 Å². The van der Waals surface area contributed by atoms with Gasteiger partial charge in [0.2, 0.25) is 0 Å². The van der Waals surface area contributed by atoms with Crippen molar-refractivity contribution in [1.29, 1.82) is 0 Å². The van der Waals surface area contributed by atoms with E-state index in [4.69, 9.17) is 0 Å². The van der Waals surface area contributed by atoms with E-state index < -0.39 is 11.4 Å². The molecule has 2 atom stereocenters. The van der Waals surface area contributed by atoms with Crippen LogP contribution in [0.15, 0.2) is 0 Å². The summed E-state index contributed by atoms with van der Waals surface area (Å²) in [6.45, 7) is 4.83. The van der Waals surface area contributed by atoms with E-state index in [-0.39, 0.29) is 12.1 Å². The maximum atomic E-state index is 12.4. The van der Waals surface area contributed by atoms with Gasteiger partial charge in [0.15, 0.2) is 0 Å². The minimum Gasteiger partial charge on any atom is -0.481 e. The lowest BCUT2D eigenvalue weighted by molar-refractivity contribution is -0.152. The molecular formula is C15H27N3O3. The molecule has 2 amide bonds. The van der Waals surface area contributed by atoms with Gasteiger partial charge in [0, 0.05) is 25.7 Å². The summed E-state index contributed by atoms with van der Waals surface area (Å²) in [7, 11) is 2.06. The van der Waals surface area contributed by atoms with Crippen molar-refractivity contribution in [3.63, 3.8) is 0 Å². The van der Waals surface area contributed by atoms with Crippen molar-refractivity contribution in [3.05, 3.63) is 0 Å². The average Bonchev–Trinajstić information content (AvgIpc) is 2.47. The molecule has 2 aliphatic rings. The molecule has 2 fully saturated rings. The molecule has 0 aromatic rings. The second kappa shape index (κ2) is 6.64. The number of nitrogens with zero attached hydrogens (tertiary/aromatic N) is 2. The van der Waals surface area contributed by atoms with Gasteiger partial charge in [0.25, 0.3) is 0 Å². The van der Waals surface area contributed by atoms with E-state index in [0.717, 1.165) is 32.4 Å². The molecule has 2 unspecified atom stereocenters. The third kappa shape index (κ3) is 3.67. The topological polar surface area (TPSA) is 72.9 Å². The zero-order chi connectivity index (χ0) is 15.5. The van der Waals surface area contributed by atoms with Crippen molar-refractivity contribution in [2.24, 2.45) is 5.41 Å². The first-order valence-electron chi connectivity index (χ1n) is 7.94. The number of carboxylic acid groups (broad SMARTS) is 1. The zero-order valence-corrected chi connectivity index (χ0v) is 13.1. The number of aliphatic carboxylic acids is 1. The van der Waals surface area contributed by atoms with Gasteiger partial charge in [-0.15, -0.1) is 0 Å². The van der Waals surface area contributed by atoms with Gasteiger partial charge < -0.3 is 20.2 Å². The number of urea groups is 1. The predicted octanol–water partition coefficient (Wildman–Crippen LogP) is 1.37. The van der Waals surface area contributed by atoms with E-state index >= 15 is 0 Å². The largest absolute Gasteiger partial charge is 0.481 e. The molecule has 120 valence electrons. The molecule has 0 aromatic carbocycles. The normalized spacial score (nSPS) is 31.0. The van der Waals surface area contributed by atoms with Crippen LogP contribution in [0.3, 0.4) is 0 Å². The van der Waals surface area contributed by atoms with Gasteiger partial charge in [-0.3, -0.25) is 4.79 Å². The van der Waals surface area contributed by atoms with Crippen LogP contribution in [0.2, 0.25) is 0 Å². The van der Waals surface area contributed by atoms with Crippen LogP contribution in [0.4, 0.5) is 4.79 Å². The summed E-state index contributed by atoms with van der Waals surface area (Å²) in [5.74, 6) is -0.778. The Balaban J connectivity index is 1.94. The van der Waals surface area contributed by atoms with E-state index in [1.165, 1.54) is 0 Å². The molecule has 2 heterocycles. The Bertz CT molecular complexity index is 402. The smallest absolute Gasteiger partial charge is 0.317 e. The van der Waals surface area contributed by atoms with Crippen LogP contribution >= 0.6 is 0 Å².